The lowest BCUT2D eigenvalue weighted by molar-refractivity contribution is -0.0647. The summed E-state index contributed by atoms with van der Waals surface area (Å²) in [5.41, 5.74) is 1.67. The molecule has 4 heteroatoms. The molecule has 3 nitrogen and oxygen atoms in total. The number of rotatable bonds is 3. The molecule has 1 heterocycles. The van der Waals surface area contributed by atoms with Crippen molar-refractivity contribution in [3.63, 3.8) is 0 Å². The van der Waals surface area contributed by atoms with Gasteiger partial charge in [0.05, 0.1) is 0 Å². The van der Waals surface area contributed by atoms with Crippen LogP contribution in [0.15, 0.2) is 0 Å². The summed E-state index contributed by atoms with van der Waals surface area (Å²) in [7, 11) is 1.76. The van der Waals surface area contributed by atoms with E-state index >= 15 is 0 Å². The van der Waals surface area contributed by atoms with Gasteiger partial charge in [-0.3, -0.25) is 0 Å². The van der Waals surface area contributed by atoms with Crippen LogP contribution < -0.4 is 0 Å². The standard InChI is InChI=1S/C15H23ClN2O/c1-5-12-11(3)17-14(18-13(12)16)15(19-4)8-6-7-10(2)9-15/h10H,5-9H2,1-4H3. The van der Waals surface area contributed by atoms with Gasteiger partial charge >= 0.3 is 0 Å². The van der Waals surface area contributed by atoms with Crippen LogP contribution in [-0.4, -0.2) is 17.1 Å². The molecule has 0 bridgehead atoms. The van der Waals surface area contributed by atoms with E-state index < -0.39 is 0 Å². The summed E-state index contributed by atoms with van der Waals surface area (Å²) in [6.07, 6.45) is 5.23. The molecule has 1 fully saturated rings. The van der Waals surface area contributed by atoms with Gasteiger partial charge in [0.15, 0.2) is 5.82 Å². The molecular formula is C15H23ClN2O. The van der Waals surface area contributed by atoms with Crippen molar-refractivity contribution in [1.82, 2.24) is 9.97 Å². The van der Waals surface area contributed by atoms with E-state index in [-0.39, 0.29) is 5.60 Å². The van der Waals surface area contributed by atoms with E-state index in [1.807, 2.05) is 6.92 Å². The second-order valence-corrected chi connectivity index (χ2v) is 6.01. The van der Waals surface area contributed by atoms with E-state index in [4.69, 9.17) is 16.3 Å². The van der Waals surface area contributed by atoms with Crippen LogP contribution in [0.3, 0.4) is 0 Å². The highest BCUT2D eigenvalue weighted by atomic mass is 35.5. The van der Waals surface area contributed by atoms with Gasteiger partial charge in [0.2, 0.25) is 0 Å². The van der Waals surface area contributed by atoms with Gasteiger partial charge in [-0.05, 0) is 38.5 Å². The molecule has 0 amide bonds. The van der Waals surface area contributed by atoms with Crippen molar-refractivity contribution in [2.75, 3.05) is 7.11 Å². The topological polar surface area (TPSA) is 35.0 Å². The summed E-state index contributed by atoms with van der Waals surface area (Å²) < 4.78 is 5.84. The smallest absolute Gasteiger partial charge is 0.162 e. The fourth-order valence-electron chi connectivity index (χ4n) is 3.15. The van der Waals surface area contributed by atoms with Gasteiger partial charge < -0.3 is 4.74 Å². The van der Waals surface area contributed by atoms with Crippen molar-refractivity contribution < 1.29 is 4.74 Å². The number of methoxy groups -OCH3 is 1. The first-order valence-electron chi connectivity index (χ1n) is 7.11. The molecule has 1 aliphatic rings. The quantitative estimate of drug-likeness (QED) is 0.785. The van der Waals surface area contributed by atoms with E-state index in [9.17, 15) is 0 Å². The van der Waals surface area contributed by atoms with Crippen molar-refractivity contribution in [1.29, 1.82) is 0 Å². The minimum atomic E-state index is -0.349. The fraction of sp³-hybridized carbons (Fsp3) is 0.733. The SMILES string of the molecule is CCc1c(C)nc(C2(OC)CCCC(C)C2)nc1Cl. The number of ether oxygens (including phenoxy) is 1. The van der Waals surface area contributed by atoms with Gasteiger partial charge in [-0.2, -0.15) is 0 Å². The van der Waals surface area contributed by atoms with E-state index in [0.717, 1.165) is 42.8 Å². The minimum absolute atomic E-state index is 0.349. The molecule has 19 heavy (non-hydrogen) atoms. The lowest BCUT2D eigenvalue weighted by Gasteiger charge is -2.37. The number of halogens is 1. The van der Waals surface area contributed by atoms with Crippen molar-refractivity contribution in [3.05, 3.63) is 22.2 Å². The van der Waals surface area contributed by atoms with E-state index in [0.29, 0.717) is 11.1 Å². The highest BCUT2D eigenvalue weighted by molar-refractivity contribution is 6.30. The van der Waals surface area contributed by atoms with Gasteiger partial charge in [-0.25, -0.2) is 9.97 Å². The Bertz CT molecular complexity index is 440. The van der Waals surface area contributed by atoms with Crippen LogP contribution in [0.2, 0.25) is 5.15 Å². The molecule has 1 aromatic heterocycles. The van der Waals surface area contributed by atoms with Gasteiger partial charge in [0.1, 0.15) is 10.8 Å². The molecule has 1 aromatic rings. The number of hydrogen-bond acceptors (Lipinski definition) is 3. The number of hydrogen-bond donors (Lipinski definition) is 0. The first-order valence-corrected chi connectivity index (χ1v) is 7.49. The lowest BCUT2D eigenvalue weighted by atomic mass is 9.78. The van der Waals surface area contributed by atoms with Crippen LogP contribution >= 0.6 is 11.6 Å². The highest BCUT2D eigenvalue weighted by Gasteiger charge is 2.39. The Morgan fingerprint density at radius 2 is 2.16 bits per heavy atom. The normalized spacial score (nSPS) is 27.5. The largest absolute Gasteiger partial charge is 0.370 e. The zero-order valence-corrected chi connectivity index (χ0v) is 13.0. The molecule has 0 saturated heterocycles. The molecule has 2 unspecified atom stereocenters. The Morgan fingerprint density at radius 1 is 1.42 bits per heavy atom. The molecule has 0 aliphatic heterocycles. The van der Waals surface area contributed by atoms with Crippen molar-refractivity contribution in [3.8, 4) is 0 Å². The monoisotopic (exact) mass is 282 g/mol. The molecule has 0 aromatic carbocycles. The summed E-state index contributed by atoms with van der Waals surface area (Å²) >= 11 is 6.30. The second-order valence-electron chi connectivity index (χ2n) is 5.66. The first kappa shape index (κ1) is 14.7. The molecule has 1 saturated carbocycles. The maximum Gasteiger partial charge on any atom is 0.162 e. The molecule has 1 aliphatic carbocycles. The Labute approximate surface area is 120 Å². The van der Waals surface area contributed by atoms with Gasteiger partial charge in [-0.1, -0.05) is 31.9 Å². The average Bonchev–Trinajstić information content (AvgIpc) is 2.38. The molecule has 106 valence electrons. The minimum Gasteiger partial charge on any atom is -0.370 e. The Kier molecular flexibility index (Phi) is 4.46. The van der Waals surface area contributed by atoms with Crippen molar-refractivity contribution in [2.24, 2.45) is 5.92 Å². The van der Waals surface area contributed by atoms with Crippen LogP contribution in [0.5, 0.6) is 0 Å². The molecule has 0 N–H and O–H groups in total. The van der Waals surface area contributed by atoms with Crippen molar-refractivity contribution >= 4 is 11.6 Å². The fourth-order valence-corrected chi connectivity index (χ4v) is 3.50. The maximum atomic E-state index is 6.30. The number of nitrogens with zero attached hydrogens (tertiary/aromatic N) is 2. The Morgan fingerprint density at radius 3 is 2.68 bits per heavy atom. The Hall–Kier alpha value is -0.670. The van der Waals surface area contributed by atoms with Gasteiger partial charge in [-0.15, -0.1) is 0 Å². The van der Waals surface area contributed by atoms with Crippen LogP contribution in [0.4, 0.5) is 0 Å². The predicted molar refractivity (Wildman–Crippen MR) is 77.5 cm³/mol. The summed E-state index contributed by atoms with van der Waals surface area (Å²) in [4.78, 5) is 9.22. The van der Waals surface area contributed by atoms with E-state index in [1.54, 1.807) is 7.11 Å². The molecule has 0 spiro atoms. The van der Waals surface area contributed by atoms with Crippen molar-refractivity contribution in [2.45, 2.75) is 58.5 Å². The average molecular weight is 283 g/mol. The van der Waals surface area contributed by atoms with Gasteiger partial charge in [0, 0.05) is 18.4 Å². The number of aryl methyl sites for hydroxylation is 1. The summed E-state index contributed by atoms with van der Waals surface area (Å²) in [5.74, 6) is 1.41. The van der Waals surface area contributed by atoms with E-state index in [1.165, 1.54) is 6.42 Å². The molecule has 0 radical (unpaired) electrons. The predicted octanol–water partition coefficient (Wildman–Crippen LogP) is 4.05. The van der Waals surface area contributed by atoms with Gasteiger partial charge in [0.25, 0.3) is 0 Å². The van der Waals surface area contributed by atoms with Crippen LogP contribution in [0.1, 0.15) is 56.6 Å². The molecule has 2 rings (SSSR count). The molecular weight excluding hydrogens is 260 g/mol. The zero-order chi connectivity index (χ0) is 14.0. The third kappa shape index (κ3) is 2.77. The third-order valence-corrected chi connectivity index (χ3v) is 4.58. The Balaban J connectivity index is 2.44. The lowest BCUT2D eigenvalue weighted by Crippen LogP contribution is -2.36. The summed E-state index contributed by atoms with van der Waals surface area (Å²) in [6, 6.07) is 0. The summed E-state index contributed by atoms with van der Waals surface area (Å²) in [5, 5.41) is 0.583. The third-order valence-electron chi connectivity index (χ3n) is 4.27. The second kappa shape index (κ2) is 5.76. The zero-order valence-electron chi connectivity index (χ0n) is 12.3. The number of aromatic nitrogens is 2. The highest BCUT2D eigenvalue weighted by Crippen LogP contribution is 2.41. The molecule has 2 atom stereocenters. The first-order chi connectivity index (χ1) is 9.02. The van der Waals surface area contributed by atoms with Crippen LogP contribution in [0, 0.1) is 12.8 Å². The van der Waals surface area contributed by atoms with Crippen LogP contribution in [0.25, 0.3) is 0 Å². The van der Waals surface area contributed by atoms with Crippen LogP contribution in [-0.2, 0) is 16.8 Å². The van der Waals surface area contributed by atoms with E-state index in [2.05, 4.69) is 23.8 Å². The maximum absolute atomic E-state index is 6.30. The summed E-state index contributed by atoms with van der Waals surface area (Å²) in [6.45, 7) is 6.35.